The summed E-state index contributed by atoms with van der Waals surface area (Å²) in [6, 6.07) is 9.67. The molecule has 0 aliphatic carbocycles. The standard InChI is InChI=1S/C15H25O5P/c1-6-17-21(16,18-7-2)13(3)19-20-15(4,5)14-11-9-8-10-12-14/h8-13H,6-7H2,1-5H3. The molecule has 0 aliphatic heterocycles. The first kappa shape index (κ1) is 18.3. The fourth-order valence-corrected chi connectivity index (χ4v) is 3.10. The Morgan fingerprint density at radius 3 is 2.10 bits per heavy atom. The van der Waals surface area contributed by atoms with E-state index in [9.17, 15) is 4.57 Å². The summed E-state index contributed by atoms with van der Waals surface area (Å²) < 4.78 is 23.0. The van der Waals surface area contributed by atoms with Crippen molar-refractivity contribution in [2.24, 2.45) is 0 Å². The molecule has 0 N–H and O–H groups in total. The third-order valence-electron chi connectivity index (χ3n) is 2.93. The minimum Gasteiger partial charge on any atom is -0.307 e. The van der Waals surface area contributed by atoms with Crippen molar-refractivity contribution in [3.8, 4) is 0 Å². The first-order chi connectivity index (χ1) is 9.85. The molecule has 1 rings (SSSR count). The number of benzene rings is 1. The zero-order chi connectivity index (χ0) is 15.9. The van der Waals surface area contributed by atoms with E-state index in [1.54, 1.807) is 20.8 Å². The second-order valence-electron chi connectivity index (χ2n) is 5.03. The highest BCUT2D eigenvalue weighted by atomic mass is 31.2. The van der Waals surface area contributed by atoms with Gasteiger partial charge in [0.2, 0.25) is 0 Å². The molecule has 0 fully saturated rings. The molecular weight excluding hydrogens is 291 g/mol. The van der Waals surface area contributed by atoms with E-state index >= 15 is 0 Å². The van der Waals surface area contributed by atoms with E-state index in [0.717, 1.165) is 5.56 Å². The fraction of sp³-hybridized carbons (Fsp3) is 0.600. The van der Waals surface area contributed by atoms with Crippen LogP contribution >= 0.6 is 7.60 Å². The van der Waals surface area contributed by atoms with Gasteiger partial charge in [0.1, 0.15) is 5.60 Å². The Labute approximate surface area is 127 Å². The van der Waals surface area contributed by atoms with Crippen LogP contribution in [-0.2, 0) is 29.0 Å². The average molecular weight is 316 g/mol. The molecule has 0 bridgehead atoms. The van der Waals surface area contributed by atoms with Crippen LogP contribution in [0.25, 0.3) is 0 Å². The molecule has 120 valence electrons. The Morgan fingerprint density at radius 2 is 1.62 bits per heavy atom. The van der Waals surface area contributed by atoms with Gasteiger partial charge in [-0.05, 0) is 40.2 Å². The summed E-state index contributed by atoms with van der Waals surface area (Å²) in [5.74, 6) is -0.805. The fourth-order valence-electron chi connectivity index (χ4n) is 1.74. The Bertz CT molecular complexity index is 450. The van der Waals surface area contributed by atoms with Gasteiger partial charge in [0.05, 0.1) is 13.2 Å². The van der Waals surface area contributed by atoms with Crippen molar-refractivity contribution >= 4 is 7.60 Å². The van der Waals surface area contributed by atoms with Gasteiger partial charge in [-0.15, -0.1) is 0 Å². The predicted octanol–water partition coefficient (Wildman–Crippen LogP) is 4.48. The van der Waals surface area contributed by atoms with Crippen LogP contribution < -0.4 is 0 Å². The second-order valence-corrected chi connectivity index (χ2v) is 7.35. The van der Waals surface area contributed by atoms with Gasteiger partial charge in [0.25, 0.3) is 0 Å². The zero-order valence-electron chi connectivity index (χ0n) is 13.4. The summed E-state index contributed by atoms with van der Waals surface area (Å²) in [5, 5.41) is 0. The van der Waals surface area contributed by atoms with Crippen molar-refractivity contribution in [1.29, 1.82) is 0 Å². The van der Waals surface area contributed by atoms with Gasteiger partial charge in [-0.25, -0.2) is 9.78 Å². The van der Waals surface area contributed by atoms with Crippen LogP contribution in [0.2, 0.25) is 0 Å². The van der Waals surface area contributed by atoms with E-state index < -0.39 is 19.0 Å². The van der Waals surface area contributed by atoms with Gasteiger partial charge in [0, 0.05) is 0 Å². The molecular formula is C15H25O5P. The highest BCUT2D eigenvalue weighted by molar-refractivity contribution is 7.54. The minimum absolute atomic E-state index is 0.285. The van der Waals surface area contributed by atoms with E-state index in [-0.39, 0.29) is 13.2 Å². The summed E-state index contributed by atoms with van der Waals surface area (Å²) in [5.41, 5.74) is 0.290. The number of rotatable bonds is 9. The third-order valence-corrected chi connectivity index (χ3v) is 5.14. The summed E-state index contributed by atoms with van der Waals surface area (Å²) in [6.07, 6.45) is 0. The Hall–Kier alpha value is -0.710. The molecule has 1 atom stereocenters. The lowest BCUT2D eigenvalue weighted by molar-refractivity contribution is -0.367. The molecule has 0 spiro atoms. The summed E-state index contributed by atoms with van der Waals surface area (Å²) >= 11 is 0. The lowest BCUT2D eigenvalue weighted by Gasteiger charge is -2.28. The van der Waals surface area contributed by atoms with Crippen LogP contribution in [0, 0.1) is 0 Å². The van der Waals surface area contributed by atoms with E-state index in [2.05, 4.69) is 0 Å². The van der Waals surface area contributed by atoms with Gasteiger partial charge < -0.3 is 9.05 Å². The average Bonchev–Trinajstić information content (AvgIpc) is 2.46. The van der Waals surface area contributed by atoms with Gasteiger partial charge in [-0.2, -0.15) is 0 Å². The molecule has 0 saturated heterocycles. The van der Waals surface area contributed by atoms with Crippen LogP contribution in [0.4, 0.5) is 0 Å². The molecule has 1 unspecified atom stereocenters. The molecule has 1 aromatic carbocycles. The lowest BCUT2D eigenvalue weighted by Crippen LogP contribution is -2.25. The van der Waals surface area contributed by atoms with Crippen molar-refractivity contribution < 1.29 is 23.4 Å². The summed E-state index contributed by atoms with van der Waals surface area (Å²) in [7, 11) is -3.34. The quantitative estimate of drug-likeness (QED) is 0.382. The largest absolute Gasteiger partial charge is 0.362 e. The summed E-state index contributed by atoms with van der Waals surface area (Å²) in [4.78, 5) is 10.8. The molecule has 5 nitrogen and oxygen atoms in total. The van der Waals surface area contributed by atoms with E-state index in [4.69, 9.17) is 18.8 Å². The van der Waals surface area contributed by atoms with Crippen LogP contribution in [-0.4, -0.2) is 19.1 Å². The third kappa shape index (κ3) is 5.20. The molecule has 0 amide bonds. The smallest absolute Gasteiger partial charge is 0.307 e. The zero-order valence-corrected chi connectivity index (χ0v) is 14.3. The number of hydrogen-bond acceptors (Lipinski definition) is 5. The number of hydrogen-bond donors (Lipinski definition) is 0. The monoisotopic (exact) mass is 316 g/mol. The Balaban J connectivity index is 2.70. The molecule has 21 heavy (non-hydrogen) atoms. The predicted molar refractivity (Wildman–Crippen MR) is 82.0 cm³/mol. The Kier molecular flexibility index (Phi) is 7.04. The maximum atomic E-state index is 12.5. The highest BCUT2D eigenvalue weighted by Gasteiger charge is 2.36. The van der Waals surface area contributed by atoms with E-state index in [1.807, 2.05) is 44.2 Å². The lowest BCUT2D eigenvalue weighted by atomic mass is 9.99. The van der Waals surface area contributed by atoms with Crippen LogP contribution in [0.5, 0.6) is 0 Å². The molecule has 6 heteroatoms. The SMILES string of the molecule is CCOP(=O)(OCC)C(C)OOC(C)(C)c1ccccc1. The molecule has 0 radical (unpaired) electrons. The molecule has 0 heterocycles. The molecule has 0 aromatic heterocycles. The molecule has 0 saturated carbocycles. The molecule has 1 aromatic rings. The van der Waals surface area contributed by atoms with Crippen LogP contribution in [0.15, 0.2) is 30.3 Å². The summed E-state index contributed by atoms with van der Waals surface area (Å²) in [6.45, 7) is 9.45. The maximum absolute atomic E-state index is 12.5. The van der Waals surface area contributed by atoms with Crippen molar-refractivity contribution in [3.63, 3.8) is 0 Å². The first-order valence-corrected chi connectivity index (χ1v) is 8.75. The second kappa shape index (κ2) is 8.06. The van der Waals surface area contributed by atoms with E-state index in [0.29, 0.717) is 0 Å². The highest BCUT2D eigenvalue weighted by Crippen LogP contribution is 2.53. The maximum Gasteiger partial charge on any atom is 0.362 e. The van der Waals surface area contributed by atoms with Crippen molar-refractivity contribution in [2.75, 3.05) is 13.2 Å². The van der Waals surface area contributed by atoms with Gasteiger partial charge in [-0.3, -0.25) is 4.57 Å². The minimum atomic E-state index is -3.34. The van der Waals surface area contributed by atoms with Crippen molar-refractivity contribution in [1.82, 2.24) is 0 Å². The van der Waals surface area contributed by atoms with Crippen LogP contribution in [0.1, 0.15) is 40.2 Å². The topological polar surface area (TPSA) is 54.0 Å². The van der Waals surface area contributed by atoms with Gasteiger partial charge in [-0.1, -0.05) is 30.3 Å². The van der Waals surface area contributed by atoms with Crippen LogP contribution in [0.3, 0.4) is 0 Å². The molecule has 0 aliphatic rings. The van der Waals surface area contributed by atoms with Gasteiger partial charge >= 0.3 is 7.60 Å². The first-order valence-electron chi connectivity index (χ1n) is 7.14. The normalized spacial score (nSPS) is 14.1. The van der Waals surface area contributed by atoms with E-state index in [1.165, 1.54) is 0 Å². The Morgan fingerprint density at radius 1 is 1.10 bits per heavy atom. The van der Waals surface area contributed by atoms with Gasteiger partial charge in [0.15, 0.2) is 5.85 Å². The van der Waals surface area contributed by atoms with Crippen molar-refractivity contribution in [3.05, 3.63) is 35.9 Å². The van der Waals surface area contributed by atoms with Crippen molar-refractivity contribution in [2.45, 2.75) is 46.1 Å².